The van der Waals surface area contributed by atoms with Gasteiger partial charge in [0.15, 0.2) is 0 Å². The maximum Gasteiger partial charge on any atom is 0.322 e. The second-order valence-electron chi connectivity index (χ2n) is 6.02. The third kappa shape index (κ3) is 4.05. The van der Waals surface area contributed by atoms with Crippen molar-refractivity contribution in [1.82, 2.24) is 4.90 Å². The zero-order valence-electron chi connectivity index (χ0n) is 14.1. The van der Waals surface area contributed by atoms with Crippen molar-refractivity contribution in [1.29, 1.82) is 0 Å². The molecule has 3 rings (SSSR count). The number of amides is 2. The molecule has 0 bridgehead atoms. The van der Waals surface area contributed by atoms with Gasteiger partial charge in [-0.15, -0.1) is 0 Å². The highest BCUT2D eigenvalue weighted by Crippen LogP contribution is 2.32. The Labute approximate surface area is 155 Å². The van der Waals surface area contributed by atoms with Gasteiger partial charge in [0.1, 0.15) is 5.75 Å². The molecule has 1 saturated carbocycles. The van der Waals surface area contributed by atoms with Crippen LogP contribution in [0.2, 0.25) is 5.02 Å². The van der Waals surface area contributed by atoms with Gasteiger partial charge in [-0.1, -0.05) is 29.8 Å². The maximum atomic E-state index is 12.8. The van der Waals surface area contributed by atoms with Crippen LogP contribution in [0, 0.1) is 10.1 Å². The molecule has 1 N–H and O–H groups in total. The smallest absolute Gasteiger partial charge is 0.322 e. The Balaban J connectivity index is 1.77. The summed E-state index contributed by atoms with van der Waals surface area (Å²) in [7, 11) is 1.59. The SMILES string of the molecule is COc1ccccc1CN(C(=O)Nc1ccc([N+](=O)[O-])cc1Cl)C1CC1. The van der Waals surface area contributed by atoms with Crippen molar-refractivity contribution in [2.45, 2.75) is 25.4 Å². The number of nitrogens with one attached hydrogen (secondary N) is 1. The average Bonchev–Trinajstić information content (AvgIpc) is 3.46. The van der Waals surface area contributed by atoms with Crippen LogP contribution in [0.5, 0.6) is 5.75 Å². The predicted molar refractivity (Wildman–Crippen MR) is 98.7 cm³/mol. The number of para-hydroxylation sites is 1. The number of nitro groups is 1. The molecule has 0 heterocycles. The number of benzene rings is 2. The fraction of sp³-hybridized carbons (Fsp3) is 0.278. The Hall–Kier alpha value is -2.80. The Bertz CT molecular complexity index is 839. The highest BCUT2D eigenvalue weighted by atomic mass is 35.5. The Morgan fingerprint density at radius 3 is 2.69 bits per heavy atom. The lowest BCUT2D eigenvalue weighted by atomic mass is 10.2. The lowest BCUT2D eigenvalue weighted by Gasteiger charge is -2.24. The summed E-state index contributed by atoms with van der Waals surface area (Å²) < 4.78 is 5.36. The third-order valence-electron chi connectivity index (χ3n) is 4.19. The molecule has 0 aliphatic heterocycles. The van der Waals surface area contributed by atoms with E-state index in [1.807, 2.05) is 24.3 Å². The van der Waals surface area contributed by atoms with Gasteiger partial charge in [0.05, 0.1) is 29.3 Å². The van der Waals surface area contributed by atoms with Gasteiger partial charge in [0.25, 0.3) is 5.69 Å². The van der Waals surface area contributed by atoms with Crippen LogP contribution in [0.25, 0.3) is 0 Å². The average molecular weight is 376 g/mol. The molecular formula is C18H18ClN3O4. The summed E-state index contributed by atoms with van der Waals surface area (Å²) in [6.45, 7) is 0.408. The number of hydrogen-bond acceptors (Lipinski definition) is 4. The lowest BCUT2D eigenvalue weighted by Crippen LogP contribution is -2.36. The molecule has 1 fully saturated rings. The summed E-state index contributed by atoms with van der Waals surface area (Å²) >= 11 is 6.07. The summed E-state index contributed by atoms with van der Waals surface area (Å²) in [6.07, 6.45) is 1.88. The van der Waals surface area contributed by atoms with Gasteiger partial charge in [0.2, 0.25) is 0 Å². The van der Waals surface area contributed by atoms with Crippen molar-refractivity contribution < 1.29 is 14.5 Å². The van der Waals surface area contributed by atoms with Crippen molar-refractivity contribution >= 4 is 29.0 Å². The monoisotopic (exact) mass is 375 g/mol. The van der Waals surface area contributed by atoms with Gasteiger partial charge in [-0.25, -0.2) is 4.79 Å². The van der Waals surface area contributed by atoms with Crippen molar-refractivity contribution in [2.24, 2.45) is 0 Å². The van der Waals surface area contributed by atoms with Gasteiger partial charge in [-0.3, -0.25) is 10.1 Å². The summed E-state index contributed by atoms with van der Waals surface area (Å²) in [5.74, 6) is 0.722. The first-order valence-electron chi connectivity index (χ1n) is 8.13. The van der Waals surface area contributed by atoms with Gasteiger partial charge >= 0.3 is 6.03 Å². The molecule has 0 unspecified atom stereocenters. The molecule has 0 aromatic heterocycles. The summed E-state index contributed by atoms with van der Waals surface area (Å²) in [5.41, 5.74) is 1.13. The van der Waals surface area contributed by atoms with E-state index >= 15 is 0 Å². The highest BCUT2D eigenvalue weighted by molar-refractivity contribution is 6.33. The number of halogens is 1. The molecule has 1 aliphatic rings. The van der Waals surface area contributed by atoms with Crippen molar-refractivity contribution in [3.05, 3.63) is 63.2 Å². The number of methoxy groups -OCH3 is 1. The minimum absolute atomic E-state index is 0.124. The van der Waals surface area contributed by atoms with Crippen LogP contribution >= 0.6 is 11.6 Å². The lowest BCUT2D eigenvalue weighted by molar-refractivity contribution is -0.384. The Morgan fingerprint density at radius 1 is 1.35 bits per heavy atom. The van der Waals surface area contributed by atoms with Crippen LogP contribution in [0.4, 0.5) is 16.2 Å². The number of hydrogen-bond donors (Lipinski definition) is 1. The molecule has 0 spiro atoms. The normalized spacial score (nSPS) is 13.2. The van der Waals surface area contributed by atoms with Crippen molar-refractivity contribution in [3.8, 4) is 5.75 Å². The highest BCUT2D eigenvalue weighted by Gasteiger charge is 2.33. The molecular weight excluding hydrogens is 358 g/mol. The first-order valence-corrected chi connectivity index (χ1v) is 8.51. The minimum Gasteiger partial charge on any atom is -0.496 e. The number of anilines is 1. The molecule has 0 atom stereocenters. The van der Waals surface area contributed by atoms with E-state index in [2.05, 4.69) is 5.32 Å². The number of rotatable bonds is 6. The zero-order valence-corrected chi connectivity index (χ0v) is 14.9. The van der Waals surface area contributed by atoms with Crippen LogP contribution in [0.1, 0.15) is 18.4 Å². The van der Waals surface area contributed by atoms with E-state index in [9.17, 15) is 14.9 Å². The second kappa shape index (κ2) is 7.61. The molecule has 2 aromatic rings. The summed E-state index contributed by atoms with van der Waals surface area (Å²) in [6, 6.07) is 11.4. The number of nitro benzene ring substituents is 1. The van der Waals surface area contributed by atoms with E-state index in [0.29, 0.717) is 12.2 Å². The van der Waals surface area contributed by atoms with Crippen molar-refractivity contribution in [3.63, 3.8) is 0 Å². The van der Waals surface area contributed by atoms with Crippen LogP contribution in [-0.2, 0) is 6.54 Å². The summed E-state index contributed by atoms with van der Waals surface area (Å²) in [4.78, 5) is 24.7. The largest absolute Gasteiger partial charge is 0.496 e. The Kier molecular flexibility index (Phi) is 5.27. The second-order valence-corrected chi connectivity index (χ2v) is 6.43. The molecule has 1 aliphatic carbocycles. The quantitative estimate of drug-likeness (QED) is 0.597. The summed E-state index contributed by atoms with van der Waals surface area (Å²) in [5, 5.41) is 13.7. The zero-order chi connectivity index (χ0) is 18.7. The molecule has 136 valence electrons. The molecule has 0 radical (unpaired) electrons. The number of non-ortho nitro benzene ring substituents is 1. The third-order valence-corrected chi connectivity index (χ3v) is 4.50. The Morgan fingerprint density at radius 2 is 2.08 bits per heavy atom. The van der Waals surface area contributed by atoms with E-state index in [1.165, 1.54) is 18.2 Å². The fourth-order valence-corrected chi connectivity index (χ4v) is 2.90. The maximum absolute atomic E-state index is 12.8. The number of nitrogens with zero attached hydrogens (tertiary/aromatic N) is 2. The first kappa shape index (κ1) is 18.0. The van der Waals surface area contributed by atoms with Gasteiger partial charge in [-0.05, 0) is 25.0 Å². The predicted octanol–water partition coefficient (Wildman–Crippen LogP) is 4.45. The standard InChI is InChI=1S/C18H18ClN3O4/c1-26-17-5-3-2-4-12(17)11-21(13-6-7-13)18(23)20-16-9-8-14(22(24)25)10-15(16)19/h2-5,8-10,13H,6-7,11H2,1H3,(H,20,23). The van der Waals surface area contributed by atoms with Crippen molar-refractivity contribution in [2.75, 3.05) is 12.4 Å². The van der Waals surface area contributed by atoms with Crippen LogP contribution in [-0.4, -0.2) is 29.0 Å². The molecule has 8 heteroatoms. The molecule has 7 nitrogen and oxygen atoms in total. The van der Waals surface area contributed by atoms with E-state index in [4.69, 9.17) is 16.3 Å². The molecule has 2 aromatic carbocycles. The van der Waals surface area contributed by atoms with Crippen LogP contribution in [0.3, 0.4) is 0 Å². The van der Waals surface area contributed by atoms with Crippen LogP contribution in [0.15, 0.2) is 42.5 Å². The van der Waals surface area contributed by atoms with E-state index in [-0.39, 0.29) is 22.8 Å². The number of ether oxygens (including phenoxy) is 1. The molecule has 0 saturated heterocycles. The number of carbonyl (C=O) groups excluding carboxylic acids is 1. The first-order chi connectivity index (χ1) is 12.5. The van der Waals surface area contributed by atoms with Crippen LogP contribution < -0.4 is 10.1 Å². The van der Waals surface area contributed by atoms with Gasteiger partial charge in [-0.2, -0.15) is 0 Å². The van der Waals surface area contributed by atoms with Gasteiger partial charge < -0.3 is 15.0 Å². The molecule has 2 amide bonds. The van der Waals surface area contributed by atoms with E-state index in [0.717, 1.165) is 24.2 Å². The molecule has 26 heavy (non-hydrogen) atoms. The topological polar surface area (TPSA) is 84.7 Å². The minimum atomic E-state index is -0.532. The van der Waals surface area contributed by atoms with E-state index in [1.54, 1.807) is 12.0 Å². The van der Waals surface area contributed by atoms with Gasteiger partial charge in [0, 0.05) is 23.7 Å². The van der Waals surface area contributed by atoms with E-state index < -0.39 is 4.92 Å². The number of carbonyl (C=O) groups is 1. The number of urea groups is 1. The fourth-order valence-electron chi connectivity index (χ4n) is 2.68.